The summed E-state index contributed by atoms with van der Waals surface area (Å²) in [7, 11) is 0. The topological polar surface area (TPSA) is 17.1 Å². The zero-order valence-electron chi connectivity index (χ0n) is 7.44. The van der Waals surface area contributed by atoms with Crippen LogP contribution in [0.2, 0.25) is 0 Å². The van der Waals surface area contributed by atoms with Crippen molar-refractivity contribution >= 4 is 17.1 Å². The van der Waals surface area contributed by atoms with Crippen LogP contribution in [0.15, 0.2) is 0 Å². The normalized spacial score (nSPS) is 14.8. The third-order valence-electron chi connectivity index (χ3n) is 2.45. The smallest absolute Gasteiger partial charge is 0.161 e. The molecule has 64 valence electrons. The summed E-state index contributed by atoms with van der Waals surface area (Å²) < 4.78 is 0. The van der Waals surface area contributed by atoms with Gasteiger partial charge in [0.1, 0.15) is 0 Å². The van der Waals surface area contributed by atoms with Crippen molar-refractivity contribution in [3.05, 3.63) is 20.9 Å². The number of ketones is 1. The maximum atomic E-state index is 11.3. The van der Waals surface area contributed by atoms with Crippen LogP contribution in [0.5, 0.6) is 0 Å². The molecule has 2 rings (SSSR count). The largest absolute Gasteiger partial charge is 0.294 e. The van der Waals surface area contributed by atoms with E-state index in [2.05, 4.69) is 6.92 Å². The van der Waals surface area contributed by atoms with Gasteiger partial charge in [-0.1, -0.05) is 0 Å². The van der Waals surface area contributed by atoms with Gasteiger partial charge in [0.05, 0.1) is 0 Å². The molecule has 0 unspecified atom stereocenters. The predicted molar refractivity (Wildman–Crippen MR) is 51.1 cm³/mol. The molecular formula is C10H12OS. The summed E-state index contributed by atoms with van der Waals surface area (Å²) in [5.74, 6) is 0.243. The predicted octanol–water partition coefficient (Wildman–Crippen LogP) is 2.75. The Balaban J connectivity index is 2.59. The fraction of sp³-hybridized carbons (Fsp3) is 0.500. The van der Waals surface area contributed by atoms with Gasteiger partial charge in [-0.05, 0) is 38.7 Å². The summed E-state index contributed by atoms with van der Waals surface area (Å²) in [4.78, 5) is 14.0. The molecule has 0 fully saturated rings. The second kappa shape index (κ2) is 2.70. The number of rotatable bonds is 1. The number of carbonyl (C=O) groups is 1. The lowest BCUT2D eigenvalue weighted by Crippen LogP contribution is -1.96. The van der Waals surface area contributed by atoms with Crippen molar-refractivity contribution in [1.82, 2.24) is 0 Å². The number of aryl methyl sites for hydroxylation is 2. The molecule has 2 heteroatoms. The van der Waals surface area contributed by atoms with Gasteiger partial charge in [-0.25, -0.2) is 0 Å². The minimum atomic E-state index is 0.243. The second-order valence-electron chi connectivity index (χ2n) is 3.34. The summed E-state index contributed by atoms with van der Waals surface area (Å²) in [6, 6.07) is 0. The Bertz CT molecular complexity index is 336. The van der Waals surface area contributed by atoms with Crippen LogP contribution in [0.25, 0.3) is 0 Å². The molecule has 0 atom stereocenters. The molecule has 0 spiro atoms. The zero-order chi connectivity index (χ0) is 8.72. The lowest BCUT2D eigenvalue weighted by atomic mass is 10.1. The summed E-state index contributed by atoms with van der Waals surface area (Å²) >= 11 is 1.81. The van der Waals surface area contributed by atoms with Gasteiger partial charge in [0.2, 0.25) is 0 Å². The molecule has 1 nitrogen and oxygen atoms in total. The van der Waals surface area contributed by atoms with E-state index in [4.69, 9.17) is 0 Å². The van der Waals surface area contributed by atoms with Crippen LogP contribution in [0.4, 0.5) is 0 Å². The van der Waals surface area contributed by atoms with E-state index in [1.54, 1.807) is 6.92 Å². The highest BCUT2D eigenvalue weighted by molar-refractivity contribution is 7.12. The van der Waals surface area contributed by atoms with Crippen molar-refractivity contribution in [3.63, 3.8) is 0 Å². The number of carbonyl (C=O) groups excluding carboxylic acids is 1. The second-order valence-corrected chi connectivity index (χ2v) is 4.65. The molecule has 0 N–H and O–H groups in total. The molecule has 1 heterocycles. The molecule has 0 radical (unpaired) electrons. The monoisotopic (exact) mass is 180 g/mol. The average Bonchev–Trinajstić information content (AvgIpc) is 2.44. The maximum absolute atomic E-state index is 11.3. The third-order valence-corrected chi connectivity index (χ3v) is 3.66. The van der Waals surface area contributed by atoms with Crippen LogP contribution in [-0.2, 0) is 12.8 Å². The first-order valence-corrected chi connectivity index (χ1v) is 5.14. The summed E-state index contributed by atoms with van der Waals surface area (Å²) in [6.07, 6.45) is 3.55. The van der Waals surface area contributed by atoms with E-state index >= 15 is 0 Å². The molecule has 1 aliphatic carbocycles. The van der Waals surface area contributed by atoms with Crippen molar-refractivity contribution in [3.8, 4) is 0 Å². The van der Waals surface area contributed by atoms with Gasteiger partial charge in [0, 0.05) is 15.3 Å². The number of thiophene rings is 1. The van der Waals surface area contributed by atoms with Crippen molar-refractivity contribution < 1.29 is 4.79 Å². The number of hydrogen-bond acceptors (Lipinski definition) is 2. The number of hydrogen-bond donors (Lipinski definition) is 0. The summed E-state index contributed by atoms with van der Waals surface area (Å²) in [5, 5.41) is 0. The Labute approximate surface area is 76.4 Å². The summed E-state index contributed by atoms with van der Waals surface area (Å²) in [6.45, 7) is 3.73. The Kier molecular flexibility index (Phi) is 1.80. The van der Waals surface area contributed by atoms with Crippen molar-refractivity contribution in [2.45, 2.75) is 33.1 Å². The highest BCUT2D eigenvalue weighted by Gasteiger charge is 2.21. The highest BCUT2D eigenvalue weighted by Crippen LogP contribution is 2.34. The molecule has 0 bridgehead atoms. The van der Waals surface area contributed by atoms with E-state index in [9.17, 15) is 4.79 Å². The first kappa shape index (κ1) is 7.99. The van der Waals surface area contributed by atoms with Gasteiger partial charge >= 0.3 is 0 Å². The van der Waals surface area contributed by atoms with Crippen molar-refractivity contribution in [1.29, 1.82) is 0 Å². The standard InChI is InChI=1S/C10H12OS/c1-6(11)10-7(2)12-9-5-3-4-8(9)10/h3-5H2,1-2H3. The Morgan fingerprint density at radius 3 is 2.83 bits per heavy atom. The first-order valence-electron chi connectivity index (χ1n) is 4.32. The fourth-order valence-corrected chi connectivity index (χ4v) is 3.31. The quantitative estimate of drug-likeness (QED) is 0.607. The lowest BCUT2D eigenvalue weighted by Gasteiger charge is -1.96. The minimum absolute atomic E-state index is 0.243. The lowest BCUT2D eigenvalue weighted by molar-refractivity contribution is 0.101. The minimum Gasteiger partial charge on any atom is -0.294 e. The molecule has 1 aromatic rings. The van der Waals surface area contributed by atoms with Crippen LogP contribution in [-0.4, -0.2) is 5.78 Å². The molecule has 0 amide bonds. The van der Waals surface area contributed by atoms with Crippen LogP contribution in [0.3, 0.4) is 0 Å². The molecule has 0 aromatic carbocycles. The highest BCUT2D eigenvalue weighted by atomic mass is 32.1. The molecule has 1 aromatic heterocycles. The summed E-state index contributed by atoms with van der Waals surface area (Å²) in [5.41, 5.74) is 2.37. The Hall–Kier alpha value is -0.630. The van der Waals surface area contributed by atoms with Gasteiger partial charge in [0.15, 0.2) is 5.78 Å². The van der Waals surface area contributed by atoms with E-state index in [0.29, 0.717) is 0 Å². The molecule has 12 heavy (non-hydrogen) atoms. The molecule has 0 saturated heterocycles. The molecular weight excluding hydrogens is 168 g/mol. The average molecular weight is 180 g/mol. The van der Waals surface area contributed by atoms with Crippen LogP contribution >= 0.6 is 11.3 Å². The van der Waals surface area contributed by atoms with Gasteiger partial charge in [0.25, 0.3) is 0 Å². The van der Waals surface area contributed by atoms with E-state index in [1.807, 2.05) is 11.3 Å². The van der Waals surface area contributed by atoms with Crippen molar-refractivity contribution in [2.24, 2.45) is 0 Å². The van der Waals surface area contributed by atoms with Crippen molar-refractivity contribution in [2.75, 3.05) is 0 Å². The van der Waals surface area contributed by atoms with E-state index in [1.165, 1.54) is 28.2 Å². The molecule has 0 aliphatic heterocycles. The van der Waals surface area contributed by atoms with Crippen LogP contribution in [0, 0.1) is 6.92 Å². The number of fused-ring (bicyclic) bond motifs is 1. The fourth-order valence-electron chi connectivity index (χ4n) is 2.00. The van der Waals surface area contributed by atoms with Crippen LogP contribution in [0.1, 0.15) is 39.0 Å². The third kappa shape index (κ3) is 1.02. The van der Waals surface area contributed by atoms with Crippen LogP contribution < -0.4 is 0 Å². The Morgan fingerprint density at radius 1 is 1.42 bits per heavy atom. The molecule has 1 aliphatic rings. The first-order chi connectivity index (χ1) is 5.70. The van der Waals surface area contributed by atoms with E-state index < -0.39 is 0 Å². The van der Waals surface area contributed by atoms with Gasteiger partial charge in [-0.2, -0.15) is 0 Å². The SMILES string of the molecule is CC(=O)c1c(C)sc2c1CCC2. The maximum Gasteiger partial charge on any atom is 0.161 e. The van der Waals surface area contributed by atoms with E-state index in [-0.39, 0.29) is 5.78 Å². The Morgan fingerprint density at radius 2 is 2.17 bits per heavy atom. The number of Topliss-reactive ketones (excluding diaryl/α,β-unsaturated/α-hetero) is 1. The van der Waals surface area contributed by atoms with Gasteiger partial charge in [-0.15, -0.1) is 11.3 Å². The van der Waals surface area contributed by atoms with Gasteiger partial charge in [-0.3, -0.25) is 4.79 Å². The van der Waals surface area contributed by atoms with Gasteiger partial charge < -0.3 is 0 Å². The zero-order valence-corrected chi connectivity index (χ0v) is 8.25. The van der Waals surface area contributed by atoms with E-state index in [0.717, 1.165) is 12.0 Å². The molecule has 0 saturated carbocycles.